The lowest BCUT2D eigenvalue weighted by molar-refractivity contribution is 0.279. The number of rotatable bonds is 4. The lowest BCUT2D eigenvalue weighted by Gasteiger charge is -2.11. The molecule has 0 bridgehead atoms. The lowest BCUT2D eigenvalue weighted by Crippen LogP contribution is -1.97. The summed E-state index contributed by atoms with van der Waals surface area (Å²) in [7, 11) is 0. The molecule has 1 nitrogen and oxygen atoms in total. The van der Waals surface area contributed by atoms with Crippen LogP contribution in [0.4, 0.5) is 0 Å². The zero-order valence-corrected chi connectivity index (χ0v) is 11.7. The molecule has 1 aliphatic rings. The van der Waals surface area contributed by atoms with Crippen molar-refractivity contribution in [1.29, 1.82) is 0 Å². The van der Waals surface area contributed by atoms with Crippen molar-refractivity contribution < 1.29 is 5.11 Å². The highest BCUT2D eigenvalue weighted by atomic mass is 79.9. The predicted octanol–water partition coefficient (Wildman–Crippen LogP) is 4.22. The highest BCUT2D eigenvalue weighted by Crippen LogP contribution is 2.33. The molecular formula is C13H17BrOS. The zero-order chi connectivity index (χ0) is 11.4. The van der Waals surface area contributed by atoms with E-state index in [4.69, 9.17) is 0 Å². The second-order valence-corrected chi connectivity index (χ2v) is 6.35. The van der Waals surface area contributed by atoms with Gasteiger partial charge in [-0.15, -0.1) is 11.8 Å². The molecule has 1 fully saturated rings. The van der Waals surface area contributed by atoms with Crippen molar-refractivity contribution in [2.45, 2.75) is 37.2 Å². The Morgan fingerprint density at radius 3 is 2.75 bits per heavy atom. The van der Waals surface area contributed by atoms with Crippen LogP contribution in [0, 0.1) is 5.92 Å². The van der Waals surface area contributed by atoms with Gasteiger partial charge in [0.05, 0.1) is 6.61 Å². The molecule has 0 aliphatic heterocycles. The summed E-state index contributed by atoms with van der Waals surface area (Å²) in [6.45, 7) is 0.131. The fourth-order valence-corrected chi connectivity index (χ4v) is 3.83. The second kappa shape index (κ2) is 6.08. The monoisotopic (exact) mass is 300 g/mol. The third-order valence-electron chi connectivity index (χ3n) is 3.14. The molecule has 0 spiro atoms. The van der Waals surface area contributed by atoms with Crippen molar-refractivity contribution in [2.24, 2.45) is 5.92 Å². The fraction of sp³-hybridized carbons (Fsp3) is 0.538. The van der Waals surface area contributed by atoms with Crippen LogP contribution in [0.1, 0.15) is 31.2 Å². The highest BCUT2D eigenvalue weighted by molar-refractivity contribution is 9.10. The Bertz CT molecular complexity index is 348. The number of benzene rings is 1. The predicted molar refractivity (Wildman–Crippen MR) is 72.7 cm³/mol. The number of aliphatic hydroxyl groups excluding tert-OH is 1. The van der Waals surface area contributed by atoms with Gasteiger partial charge in [0, 0.05) is 15.1 Å². The fourth-order valence-electron chi connectivity index (χ4n) is 2.20. The molecule has 0 unspecified atom stereocenters. The Morgan fingerprint density at radius 2 is 2.06 bits per heavy atom. The molecule has 1 N–H and O–H groups in total. The van der Waals surface area contributed by atoms with Crippen LogP contribution < -0.4 is 0 Å². The van der Waals surface area contributed by atoms with E-state index in [2.05, 4.69) is 28.1 Å². The van der Waals surface area contributed by atoms with E-state index in [-0.39, 0.29) is 6.61 Å². The van der Waals surface area contributed by atoms with Gasteiger partial charge >= 0.3 is 0 Å². The van der Waals surface area contributed by atoms with Crippen LogP contribution in [0.3, 0.4) is 0 Å². The van der Waals surface area contributed by atoms with Crippen LogP contribution in [0.2, 0.25) is 0 Å². The summed E-state index contributed by atoms with van der Waals surface area (Å²) in [4.78, 5) is 1.23. The molecule has 1 saturated carbocycles. The van der Waals surface area contributed by atoms with Gasteiger partial charge in [-0.2, -0.15) is 0 Å². The van der Waals surface area contributed by atoms with E-state index in [9.17, 15) is 5.11 Å². The third-order valence-corrected chi connectivity index (χ3v) is 4.98. The quantitative estimate of drug-likeness (QED) is 0.840. The van der Waals surface area contributed by atoms with Crippen molar-refractivity contribution in [3.05, 3.63) is 28.2 Å². The summed E-state index contributed by atoms with van der Waals surface area (Å²) in [5.41, 5.74) is 1.04. The third kappa shape index (κ3) is 3.25. The first-order chi connectivity index (χ1) is 7.79. The van der Waals surface area contributed by atoms with Crippen LogP contribution in [0.25, 0.3) is 0 Å². The summed E-state index contributed by atoms with van der Waals surface area (Å²) < 4.78 is 1.04. The number of halogens is 1. The summed E-state index contributed by atoms with van der Waals surface area (Å²) in [5.74, 6) is 2.09. The second-order valence-electron chi connectivity index (χ2n) is 4.37. The van der Waals surface area contributed by atoms with Crippen LogP contribution in [-0.2, 0) is 6.61 Å². The maximum Gasteiger partial charge on any atom is 0.0693 e. The van der Waals surface area contributed by atoms with E-state index in [1.54, 1.807) is 0 Å². The van der Waals surface area contributed by atoms with Crippen molar-refractivity contribution >= 4 is 27.7 Å². The van der Waals surface area contributed by atoms with Gasteiger partial charge in [0.1, 0.15) is 0 Å². The lowest BCUT2D eigenvalue weighted by atomic mass is 10.1. The van der Waals surface area contributed by atoms with Gasteiger partial charge in [-0.1, -0.05) is 28.8 Å². The largest absolute Gasteiger partial charge is 0.392 e. The minimum absolute atomic E-state index is 0.131. The van der Waals surface area contributed by atoms with Gasteiger partial charge in [0.25, 0.3) is 0 Å². The van der Waals surface area contributed by atoms with Crippen LogP contribution >= 0.6 is 27.7 Å². The van der Waals surface area contributed by atoms with Gasteiger partial charge in [-0.25, -0.2) is 0 Å². The number of hydrogen-bond acceptors (Lipinski definition) is 2. The molecule has 1 aromatic carbocycles. The first-order valence-electron chi connectivity index (χ1n) is 5.81. The molecular weight excluding hydrogens is 284 g/mol. The topological polar surface area (TPSA) is 20.2 Å². The molecule has 0 heterocycles. The molecule has 2 rings (SSSR count). The van der Waals surface area contributed by atoms with E-state index in [0.29, 0.717) is 0 Å². The van der Waals surface area contributed by atoms with Crippen molar-refractivity contribution in [2.75, 3.05) is 5.75 Å². The SMILES string of the molecule is OCc1cc(Br)ccc1SCC1CCCC1. The van der Waals surface area contributed by atoms with Gasteiger partial charge < -0.3 is 5.11 Å². The van der Waals surface area contributed by atoms with Crippen molar-refractivity contribution in [1.82, 2.24) is 0 Å². The average molecular weight is 301 g/mol. The summed E-state index contributed by atoms with van der Waals surface area (Å²) in [5, 5.41) is 9.30. The minimum atomic E-state index is 0.131. The minimum Gasteiger partial charge on any atom is -0.392 e. The Morgan fingerprint density at radius 1 is 1.31 bits per heavy atom. The van der Waals surface area contributed by atoms with Crippen LogP contribution in [-0.4, -0.2) is 10.9 Å². The first kappa shape index (κ1) is 12.5. The average Bonchev–Trinajstić information content (AvgIpc) is 2.80. The van der Waals surface area contributed by atoms with Crippen LogP contribution in [0.15, 0.2) is 27.6 Å². The Kier molecular flexibility index (Phi) is 4.74. The molecule has 0 amide bonds. The van der Waals surface area contributed by atoms with Crippen molar-refractivity contribution in [3.8, 4) is 0 Å². The van der Waals surface area contributed by atoms with Crippen LogP contribution in [0.5, 0.6) is 0 Å². The zero-order valence-electron chi connectivity index (χ0n) is 9.29. The molecule has 88 valence electrons. The van der Waals surface area contributed by atoms with Gasteiger partial charge in [-0.05, 0) is 42.5 Å². The Balaban J connectivity index is 1.97. The molecule has 3 heteroatoms. The van der Waals surface area contributed by atoms with E-state index >= 15 is 0 Å². The van der Waals surface area contributed by atoms with Crippen molar-refractivity contribution in [3.63, 3.8) is 0 Å². The molecule has 1 aromatic rings. The Hall–Kier alpha value is 0.01000. The molecule has 1 aliphatic carbocycles. The van der Waals surface area contributed by atoms with E-state index in [1.807, 2.05) is 17.8 Å². The molecule has 0 aromatic heterocycles. The summed E-state index contributed by atoms with van der Waals surface area (Å²) in [6, 6.07) is 6.17. The maximum atomic E-state index is 9.30. The number of aliphatic hydroxyl groups is 1. The highest BCUT2D eigenvalue weighted by Gasteiger charge is 2.15. The molecule has 0 atom stereocenters. The van der Waals surface area contributed by atoms with E-state index in [0.717, 1.165) is 16.0 Å². The number of hydrogen-bond donors (Lipinski definition) is 1. The molecule has 16 heavy (non-hydrogen) atoms. The van der Waals surface area contributed by atoms with E-state index < -0.39 is 0 Å². The molecule has 0 saturated heterocycles. The normalized spacial score (nSPS) is 16.9. The van der Waals surface area contributed by atoms with Gasteiger partial charge in [-0.3, -0.25) is 0 Å². The van der Waals surface area contributed by atoms with Gasteiger partial charge in [0.2, 0.25) is 0 Å². The Labute approximate surface area is 110 Å². The maximum absolute atomic E-state index is 9.30. The smallest absolute Gasteiger partial charge is 0.0693 e. The molecule has 0 radical (unpaired) electrons. The first-order valence-corrected chi connectivity index (χ1v) is 7.59. The van der Waals surface area contributed by atoms with Gasteiger partial charge in [0.15, 0.2) is 0 Å². The standard InChI is InChI=1S/C13H17BrOS/c14-12-5-6-13(11(7-12)8-15)16-9-10-3-1-2-4-10/h5-7,10,15H,1-4,8-9H2. The number of thioether (sulfide) groups is 1. The summed E-state index contributed by atoms with van der Waals surface area (Å²) >= 11 is 5.33. The summed E-state index contributed by atoms with van der Waals surface area (Å²) in [6.07, 6.45) is 5.58. The van der Waals surface area contributed by atoms with E-state index in [1.165, 1.54) is 36.3 Å².